The number of aryl methyl sites for hydroxylation is 1. The van der Waals surface area contributed by atoms with E-state index in [1.807, 2.05) is 37.4 Å². The van der Waals surface area contributed by atoms with Crippen LogP contribution in [-0.2, 0) is 6.54 Å². The summed E-state index contributed by atoms with van der Waals surface area (Å²) >= 11 is 0. The van der Waals surface area contributed by atoms with Crippen LogP contribution in [0.5, 0.6) is 11.6 Å². The zero-order chi connectivity index (χ0) is 19.7. The number of ether oxygens (including phenoxy) is 2. The molecule has 0 aliphatic carbocycles. The maximum Gasteiger partial charge on any atom is 0.255 e. The maximum atomic E-state index is 12.2. The normalized spacial score (nSPS) is 12.3. The van der Waals surface area contributed by atoms with E-state index >= 15 is 0 Å². The van der Waals surface area contributed by atoms with Crippen LogP contribution in [0.25, 0.3) is 11.1 Å². The molecule has 28 heavy (non-hydrogen) atoms. The second-order valence-corrected chi connectivity index (χ2v) is 6.45. The summed E-state index contributed by atoms with van der Waals surface area (Å²) in [5.41, 5.74) is 5.37. The lowest BCUT2D eigenvalue weighted by atomic mass is 9.94. The van der Waals surface area contributed by atoms with Crippen molar-refractivity contribution < 1.29 is 14.3 Å². The zero-order valence-corrected chi connectivity index (χ0v) is 15.9. The fraction of sp³-hybridized carbons (Fsp3) is 0.190. The van der Waals surface area contributed by atoms with Gasteiger partial charge in [0.25, 0.3) is 5.91 Å². The van der Waals surface area contributed by atoms with Gasteiger partial charge >= 0.3 is 0 Å². The predicted molar refractivity (Wildman–Crippen MR) is 106 cm³/mol. The molecule has 1 aromatic carbocycles. The first-order valence-electron chi connectivity index (χ1n) is 8.83. The number of methoxy groups -OCH3 is 2. The largest absolute Gasteiger partial charge is 0.496 e. The third kappa shape index (κ3) is 3.11. The molecular weight excluding hydrogens is 356 g/mol. The van der Waals surface area contributed by atoms with E-state index < -0.39 is 0 Å². The highest BCUT2D eigenvalue weighted by Crippen LogP contribution is 2.36. The minimum Gasteiger partial charge on any atom is -0.496 e. The van der Waals surface area contributed by atoms with Gasteiger partial charge in [-0.2, -0.15) is 0 Å². The highest BCUT2D eigenvalue weighted by molar-refractivity contribution is 6.03. The second kappa shape index (κ2) is 7.19. The molecule has 1 aliphatic heterocycles. The Labute approximate surface area is 162 Å². The minimum absolute atomic E-state index is 0.107. The van der Waals surface area contributed by atoms with Crippen LogP contribution in [0.3, 0.4) is 0 Å². The average Bonchev–Trinajstić information content (AvgIpc) is 3.10. The van der Waals surface area contributed by atoms with E-state index in [0.717, 1.165) is 27.9 Å². The van der Waals surface area contributed by atoms with Gasteiger partial charge in [-0.3, -0.25) is 4.79 Å². The quantitative estimate of drug-likeness (QED) is 0.709. The van der Waals surface area contributed by atoms with Crippen molar-refractivity contribution in [2.45, 2.75) is 13.5 Å². The summed E-state index contributed by atoms with van der Waals surface area (Å²) < 4.78 is 10.4. The molecule has 142 valence electrons. The van der Waals surface area contributed by atoms with E-state index in [1.54, 1.807) is 26.5 Å². The number of carbonyl (C=O) groups excluding carboxylic acids is 1. The SMILES string of the molecule is COc1ccc(Nc2cc(C)c(-c3ccc(OC)c4c3CNC4=O)cn2)cn1. The lowest BCUT2D eigenvalue weighted by Gasteiger charge is -2.14. The number of anilines is 2. The van der Waals surface area contributed by atoms with Crippen molar-refractivity contribution in [1.82, 2.24) is 15.3 Å². The molecule has 2 N–H and O–H groups in total. The summed E-state index contributed by atoms with van der Waals surface area (Å²) in [6, 6.07) is 9.44. The molecule has 0 unspecified atom stereocenters. The van der Waals surface area contributed by atoms with Crippen molar-refractivity contribution in [2.24, 2.45) is 0 Å². The van der Waals surface area contributed by atoms with Crippen molar-refractivity contribution in [3.63, 3.8) is 0 Å². The van der Waals surface area contributed by atoms with Crippen LogP contribution in [-0.4, -0.2) is 30.1 Å². The molecule has 0 fully saturated rings. The average molecular weight is 376 g/mol. The maximum absolute atomic E-state index is 12.2. The molecule has 1 aliphatic rings. The monoisotopic (exact) mass is 376 g/mol. The molecule has 1 amide bonds. The van der Waals surface area contributed by atoms with Gasteiger partial charge in [-0.15, -0.1) is 0 Å². The van der Waals surface area contributed by atoms with Crippen molar-refractivity contribution in [2.75, 3.05) is 19.5 Å². The Hall–Kier alpha value is -3.61. The lowest BCUT2D eigenvalue weighted by molar-refractivity contribution is 0.0963. The van der Waals surface area contributed by atoms with Crippen molar-refractivity contribution >= 4 is 17.4 Å². The number of benzene rings is 1. The van der Waals surface area contributed by atoms with Gasteiger partial charge in [0, 0.05) is 24.4 Å². The summed E-state index contributed by atoms with van der Waals surface area (Å²) in [5.74, 6) is 1.75. The van der Waals surface area contributed by atoms with E-state index in [1.165, 1.54) is 0 Å². The lowest BCUT2D eigenvalue weighted by Crippen LogP contribution is -2.13. The zero-order valence-electron chi connectivity index (χ0n) is 15.9. The summed E-state index contributed by atoms with van der Waals surface area (Å²) in [6.07, 6.45) is 3.51. The first-order valence-corrected chi connectivity index (χ1v) is 8.83. The van der Waals surface area contributed by atoms with Crippen LogP contribution < -0.4 is 20.1 Å². The Morgan fingerprint density at radius 1 is 1.04 bits per heavy atom. The van der Waals surface area contributed by atoms with Gasteiger partial charge in [0.05, 0.1) is 31.7 Å². The van der Waals surface area contributed by atoms with Gasteiger partial charge in [0.15, 0.2) is 0 Å². The highest BCUT2D eigenvalue weighted by Gasteiger charge is 2.27. The van der Waals surface area contributed by atoms with Crippen LogP contribution >= 0.6 is 0 Å². The Balaban J connectivity index is 1.66. The molecule has 2 aromatic heterocycles. The number of rotatable bonds is 5. The van der Waals surface area contributed by atoms with Crippen LogP contribution in [0.15, 0.2) is 42.7 Å². The molecule has 0 spiro atoms. The Kier molecular flexibility index (Phi) is 4.57. The van der Waals surface area contributed by atoms with Crippen molar-refractivity contribution in [3.05, 3.63) is 59.4 Å². The molecule has 3 aromatic rings. The molecule has 0 bridgehead atoms. The number of carbonyl (C=O) groups is 1. The molecule has 0 saturated carbocycles. The van der Waals surface area contributed by atoms with Gasteiger partial charge < -0.3 is 20.1 Å². The van der Waals surface area contributed by atoms with Crippen molar-refractivity contribution in [3.8, 4) is 22.8 Å². The van der Waals surface area contributed by atoms with Gasteiger partial charge in [0.1, 0.15) is 11.6 Å². The number of aromatic nitrogens is 2. The van der Waals surface area contributed by atoms with E-state index in [-0.39, 0.29) is 5.91 Å². The summed E-state index contributed by atoms with van der Waals surface area (Å²) in [4.78, 5) is 20.9. The first kappa shape index (κ1) is 17.8. The molecular formula is C21H20N4O3. The van der Waals surface area contributed by atoms with Crippen LogP contribution in [0, 0.1) is 6.92 Å². The summed E-state index contributed by atoms with van der Waals surface area (Å²) in [7, 11) is 3.15. The fourth-order valence-corrected chi connectivity index (χ4v) is 3.37. The third-order valence-corrected chi connectivity index (χ3v) is 4.77. The van der Waals surface area contributed by atoms with Crippen LogP contribution in [0.2, 0.25) is 0 Å². The fourth-order valence-electron chi connectivity index (χ4n) is 3.37. The molecule has 0 radical (unpaired) electrons. The number of nitrogens with zero attached hydrogens (tertiary/aromatic N) is 2. The summed E-state index contributed by atoms with van der Waals surface area (Å²) in [5, 5.41) is 6.11. The first-order chi connectivity index (χ1) is 13.6. The predicted octanol–water partition coefficient (Wildman–Crippen LogP) is 3.46. The topological polar surface area (TPSA) is 85.4 Å². The molecule has 7 heteroatoms. The van der Waals surface area contributed by atoms with E-state index in [9.17, 15) is 4.79 Å². The Morgan fingerprint density at radius 3 is 2.57 bits per heavy atom. The Bertz CT molecular complexity index is 1050. The Morgan fingerprint density at radius 2 is 1.89 bits per heavy atom. The third-order valence-electron chi connectivity index (χ3n) is 4.77. The molecule has 4 rings (SSSR count). The molecule has 7 nitrogen and oxygen atoms in total. The van der Waals surface area contributed by atoms with Gasteiger partial charge in [-0.1, -0.05) is 6.07 Å². The number of nitrogens with one attached hydrogen (secondary N) is 2. The molecule has 3 heterocycles. The smallest absolute Gasteiger partial charge is 0.255 e. The minimum atomic E-state index is -0.107. The molecule has 0 saturated heterocycles. The summed E-state index contributed by atoms with van der Waals surface area (Å²) in [6.45, 7) is 2.51. The van der Waals surface area contributed by atoms with E-state index in [2.05, 4.69) is 20.6 Å². The standard InChI is InChI=1S/C21H20N4O3/c1-12-8-18(25-13-4-7-19(28-3)23-9-13)22-10-15(12)14-5-6-17(27-2)20-16(14)11-24-21(20)26/h4-10H,11H2,1-3H3,(H,22,25)(H,24,26). The number of amides is 1. The number of fused-ring (bicyclic) bond motifs is 1. The van der Waals surface area contributed by atoms with Gasteiger partial charge in [-0.25, -0.2) is 9.97 Å². The van der Waals surface area contributed by atoms with E-state index in [0.29, 0.717) is 29.6 Å². The number of hydrogen-bond donors (Lipinski definition) is 2. The van der Waals surface area contributed by atoms with Gasteiger partial charge in [-0.05, 0) is 41.8 Å². The second-order valence-electron chi connectivity index (χ2n) is 6.45. The van der Waals surface area contributed by atoms with E-state index in [4.69, 9.17) is 9.47 Å². The van der Waals surface area contributed by atoms with Crippen LogP contribution in [0.1, 0.15) is 21.5 Å². The van der Waals surface area contributed by atoms with Crippen LogP contribution in [0.4, 0.5) is 11.5 Å². The number of pyridine rings is 2. The highest BCUT2D eigenvalue weighted by atomic mass is 16.5. The van der Waals surface area contributed by atoms with Crippen molar-refractivity contribution in [1.29, 1.82) is 0 Å². The van der Waals surface area contributed by atoms with Gasteiger partial charge in [0.2, 0.25) is 5.88 Å². The number of hydrogen-bond acceptors (Lipinski definition) is 6. The molecule has 0 atom stereocenters.